The number of nitrogens with two attached hydrogens (primary N) is 1. The van der Waals surface area contributed by atoms with Gasteiger partial charge in [-0.05, 0) is 53.7 Å². The van der Waals surface area contributed by atoms with Crippen LogP contribution in [0, 0.1) is 0 Å². The SMILES string of the molecule is NC(=O)c1nc(Cc2ccc([O])cc2)[nH]c1NC(=O)Nc1ccc(SC(F)(F)F)cc1. The molecule has 8 nitrogen and oxygen atoms in total. The van der Waals surface area contributed by atoms with E-state index in [9.17, 15) is 27.9 Å². The second kappa shape index (κ2) is 9.00. The zero-order valence-electron chi connectivity index (χ0n) is 15.6. The van der Waals surface area contributed by atoms with Gasteiger partial charge in [-0.1, -0.05) is 12.1 Å². The third kappa shape index (κ3) is 6.40. The van der Waals surface area contributed by atoms with Crippen molar-refractivity contribution in [3.8, 4) is 5.75 Å². The molecule has 0 aliphatic heterocycles. The van der Waals surface area contributed by atoms with Gasteiger partial charge in [0.15, 0.2) is 11.4 Å². The first-order valence-corrected chi connectivity index (χ1v) is 9.49. The number of alkyl halides is 3. The number of aromatic nitrogens is 2. The van der Waals surface area contributed by atoms with Gasteiger partial charge in [-0.25, -0.2) is 9.78 Å². The first-order valence-electron chi connectivity index (χ1n) is 8.67. The van der Waals surface area contributed by atoms with Crippen LogP contribution in [0.3, 0.4) is 0 Å². The van der Waals surface area contributed by atoms with Gasteiger partial charge in [0.05, 0.1) is 0 Å². The van der Waals surface area contributed by atoms with Gasteiger partial charge in [-0.3, -0.25) is 15.2 Å². The van der Waals surface area contributed by atoms with Crippen molar-refractivity contribution >= 4 is 35.2 Å². The van der Waals surface area contributed by atoms with Gasteiger partial charge in [0.2, 0.25) is 0 Å². The summed E-state index contributed by atoms with van der Waals surface area (Å²) >= 11 is -0.270. The van der Waals surface area contributed by atoms with Crippen molar-refractivity contribution in [2.45, 2.75) is 16.8 Å². The Kier molecular flexibility index (Phi) is 6.39. The zero-order valence-corrected chi connectivity index (χ0v) is 16.4. The predicted octanol–water partition coefficient (Wildman–Crippen LogP) is 4.50. The molecule has 2 aromatic carbocycles. The summed E-state index contributed by atoms with van der Waals surface area (Å²) in [6.45, 7) is 0. The van der Waals surface area contributed by atoms with E-state index in [0.717, 1.165) is 5.56 Å². The number of nitrogens with one attached hydrogen (secondary N) is 3. The molecule has 3 rings (SSSR count). The van der Waals surface area contributed by atoms with Crippen LogP contribution >= 0.6 is 11.8 Å². The van der Waals surface area contributed by atoms with E-state index < -0.39 is 17.4 Å². The summed E-state index contributed by atoms with van der Waals surface area (Å²) < 4.78 is 37.1. The molecule has 0 fully saturated rings. The van der Waals surface area contributed by atoms with Gasteiger partial charge in [0.25, 0.3) is 5.91 Å². The van der Waals surface area contributed by atoms with E-state index in [-0.39, 0.29) is 46.0 Å². The molecule has 5 N–H and O–H groups in total. The molecule has 31 heavy (non-hydrogen) atoms. The number of anilines is 2. The summed E-state index contributed by atoms with van der Waals surface area (Å²) in [5.41, 5.74) is 1.69. The fourth-order valence-electron chi connectivity index (χ4n) is 2.59. The second-order valence-corrected chi connectivity index (χ2v) is 7.38. The quantitative estimate of drug-likeness (QED) is 0.412. The molecule has 1 radical (unpaired) electrons. The van der Waals surface area contributed by atoms with Crippen molar-refractivity contribution in [2.24, 2.45) is 5.73 Å². The van der Waals surface area contributed by atoms with Crippen molar-refractivity contribution < 1.29 is 27.9 Å². The Morgan fingerprint density at radius 2 is 1.68 bits per heavy atom. The van der Waals surface area contributed by atoms with Crippen LogP contribution in [0.25, 0.3) is 0 Å². The van der Waals surface area contributed by atoms with Gasteiger partial charge in [-0.15, -0.1) is 0 Å². The number of halogens is 3. The van der Waals surface area contributed by atoms with Crippen molar-refractivity contribution in [2.75, 3.05) is 10.6 Å². The number of hydrogen-bond donors (Lipinski definition) is 4. The van der Waals surface area contributed by atoms with Gasteiger partial charge in [0, 0.05) is 17.0 Å². The third-order valence-corrected chi connectivity index (χ3v) is 4.60. The van der Waals surface area contributed by atoms with Crippen LogP contribution in [-0.4, -0.2) is 27.4 Å². The van der Waals surface area contributed by atoms with E-state index in [1.165, 1.54) is 36.4 Å². The third-order valence-electron chi connectivity index (χ3n) is 3.87. The topological polar surface area (TPSA) is 133 Å². The number of nitrogens with zero attached hydrogens (tertiary/aromatic N) is 1. The summed E-state index contributed by atoms with van der Waals surface area (Å²) in [6.07, 6.45) is 0.252. The molecule has 12 heteroatoms. The van der Waals surface area contributed by atoms with Crippen LogP contribution in [-0.2, 0) is 11.5 Å². The minimum atomic E-state index is -4.41. The zero-order chi connectivity index (χ0) is 22.6. The first kappa shape index (κ1) is 22.0. The fourth-order valence-corrected chi connectivity index (χ4v) is 3.13. The fraction of sp³-hybridized carbons (Fsp3) is 0.105. The Morgan fingerprint density at radius 1 is 1.03 bits per heavy atom. The van der Waals surface area contributed by atoms with Crippen LogP contribution in [0.5, 0.6) is 5.75 Å². The summed E-state index contributed by atoms with van der Waals surface area (Å²) in [5.74, 6) is -0.729. The molecule has 0 saturated carbocycles. The van der Waals surface area contributed by atoms with Crippen molar-refractivity contribution in [3.05, 3.63) is 65.6 Å². The minimum absolute atomic E-state index is 0.0299. The Bertz CT molecular complexity index is 1080. The average molecular weight is 450 g/mol. The molecule has 0 bridgehead atoms. The highest BCUT2D eigenvalue weighted by atomic mass is 32.2. The van der Waals surface area contributed by atoms with E-state index in [2.05, 4.69) is 20.6 Å². The van der Waals surface area contributed by atoms with Crippen LogP contribution in [0.1, 0.15) is 21.9 Å². The monoisotopic (exact) mass is 450 g/mol. The lowest BCUT2D eigenvalue weighted by Crippen LogP contribution is -2.22. The molecule has 1 heterocycles. The maximum atomic E-state index is 12.4. The summed E-state index contributed by atoms with van der Waals surface area (Å²) in [4.78, 5) is 30.7. The minimum Gasteiger partial charge on any atom is -0.364 e. The smallest absolute Gasteiger partial charge is 0.364 e. The van der Waals surface area contributed by atoms with Crippen LogP contribution in [0.15, 0.2) is 53.4 Å². The maximum absolute atomic E-state index is 12.4. The molecule has 1 aromatic heterocycles. The Balaban J connectivity index is 1.68. The molecule has 0 aliphatic rings. The van der Waals surface area contributed by atoms with E-state index in [0.29, 0.717) is 5.82 Å². The summed E-state index contributed by atoms with van der Waals surface area (Å²) in [5, 5.41) is 16.0. The maximum Gasteiger partial charge on any atom is 0.446 e. The largest absolute Gasteiger partial charge is 0.446 e. The number of aromatic amines is 1. The van der Waals surface area contributed by atoms with E-state index in [4.69, 9.17) is 5.73 Å². The van der Waals surface area contributed by atoms with E-state index in [1.807, 2.05) is 0 Å². The van der Waals surface area contributed by atoms with Crippen LogP contribution in [0.4, 0.5) is 29.5 Å². The number of primary amides is 1. The van der Waals surface area contributed by atoms with Crippen molar-refractivity contribution in [1.29, 1.82) is 0 Å². The number of imidazole rings is 1. The number of carbonyl (C=O) groups excluding carboxylic acids is 2. The van der Waals surface area contributed by atoms with Crippen LogP contribution < -0.4 is 16.4 Å². The van der Waals surface area contributed by atoms with Crippen LogP contribution in [0.2, 0.25) is 0 Å². The van der Waals surface area contributed by atoms with Gasteiger partial charge in [-0.2, -0.15) is 13.2 Å². The lowest BCUT2D eigenvalue weighted by Gasteiger charge is -2.09. The van der Waals surface area contributed by atoms with Gasteiger partial charge >= 0.3 is 11.5 Å². The number of urea groups is 1. The predicted molar refractivity (Wildman–Crippen MR) is 107 cm³/mol. The number of hydrogen-bond acceptors (Lipinski definition) is 4. The summed E-state index contributed by atoms with van der Waals surface area (Å²) in [7, 11) is 0. The highest BCUT2D eigenvalue weighted by Crippen LogP contribution is 2.37. The molecule has 0 saturated heterocycles. The second-order valence-electron chi connectivity index (χ2n) is 6.24. The average Bonchev–Trinajstić information content (AvgIpc) is 3.06. The van der Waals surface area contributed by atoms with Crippen molar-refractivity contribution in [1.82, 2.24) is 9.97 Å². The van der Waals surface area contributed by atoms with Gasteiger partial charge < -0.3 is 16.0 Å². The molecular weight excluding hydrogens is 435 g/mol. The highest BCUT2D eigenvalue weighted by Gasteiger charge is 2.29. The Hall–Kier alpha value is -3.67. The van der Waals surface area contributed by atoms with Gasteiger partial charge in [0.1, 0.15) is 11.6 Å². The molecule has 3 aromatic rings. The number of amides is 3. The molecule has 0 spiro atoms. The number of thioether (sulfide) groups is 1. The first-order chi connectivity index (χ1) is 14.6. The molecule has 0 atom stereocenters. The van der Waals surface area contributed by atoms with Crippen molar-refractivity contribution in [3.63, 3.8) is 0 Å². The number of carbonyl (C=O) groups is 2. The molecule has 3 amide bonds. The molecule has 161 valence electrons. The molecular formula is C19H15F3N5O3S. The van der Waals surface area contributed by atoms with E-state index in [1.54, 1.807) is 12.1 Å². The highest BCUT2D eigenvalue weighted by molar-refractivity contribution is 8.00. The normalized spacial score (nSPS) is 11.2. The lowest BCUT2D eigenvalue weighted by atomic mass is 10.1. The lowest BCUT2D eigenvalue weighted by molar-refractivity contribution is -0.0328. The molecule has 0 unspecified atom stereocenters. The van der Waals surface area contributed by atoms with E-state index >= 15 is 0 Å². The standard InChI is InChI=1S/C19H15F3N5O3S/c20-19(21,22)31-13-7-3-11(4-8-13)24-18(30)27-17-15(16(23)29)25-14(26-17)9-10-1-5-12(28)6-2-10/h1-8H,9H2,(H2,23,29)(H,25,26)(H2,24,27,30). The summed E-state index contributed by atoms with van der Waals surface area (Å²) in [6, 6.07) is 10.3. The Labute approximate surface area is 178 Å². The number of benzene rings is 2. The Morgan fingerprint density at radius 3 is 2.26 bits per heavy atom. The number of H-pyrrole nitrogens is 1. The number of rotatable bonds is 6. The molecule has 0 aliphatic carbocycles.